The lowest BCUT2D eigenvalue weighted by Crippen LogP contribution is -2.57. The van der Waals surface area contributed by atoms with Gasteiger partial charge in [-0.15, -0.1) is 11.3 Å². The molecule has 0 unspecified atom stereocenters. The number of hydrogen-bond donors (Lipinski definition) is 5. The van der Waals surface area contributed by atoms with Crippen LogP contribution in [-0.4, -0.2) is 51.8 Å². The predicted molar refractivity (Wildman–Crippen MR) is 148 cm³/mol. The number of thiazole rings is 1. The third kappa shape index (κ3) is 7.14. The van der Waals surface area contributed by atoms with Gasteiger partial charge >= 0.3 is 0 Å². The number of carbonyl (C=O) groups is 4. The smallest absolute Gasteiger partial charge is 0.255 e. The number of carbonyl (C=O) groups excluding carboxylic acids is 4. The van der Waals surface area contributed by atoms with Crippen molar-refractivity contribution < 1.29 is 29.0 Å². The highest BCUT2D eigenvalue weighted by Gasteiger charge is 2.30. The van der Waals surface area contributed by atoms with Crippen LogP contribution in [-0.2, 0) is 27.3 Å². The molecule has 0 saturated carbocycles. The minimum Gasteiger partial charge on any atom is -0.507 e. The van der Waals surface area contributed by atoms with Crippen LogP contribution in [0.3, 0.4) is 0 Å². The Bertz CT molecular complexity index is 1380. The summed E-state index contributed by atoms with van der Waals surface area (Å²) in [6.45, 7) is 5.19. The van der Waals surface area contributed by atoms with Crippen LogP contribution in [0, 0.1) is 5.92 Å². The molecular formula is C28H31N5O6S. The molecular weight excluding hydrogens is 534 g/mol. The molecule has 1 aromatic heterocycles. The highest BCUT2D eigenvalue weighted by molar-refractivity contribution is 7.07. The van der Waals surface area contributed by atoms with Crippen molar-refractivity contribution in [2.75, 3.05) is 0 Å². The fourth-order valence-electron chi connectivity index (χ4n) is 4.08. The number of phenolic OH excluding ortho intramolecular Hbond substituents is 1. The molecule has 5 rings (SSSR count). The van der Waals surface area contributed by atoms with Gasteiger partial charge in [-0.05, 0) is 48.7 Å². The Balaban J connectivity index is 1.64. The van der Waals surface area contributed by atoms with E-state index in [0.717, 1.165) is 5.56 Å². The summed E-state index contributed by atoms with van der Waals surface area (Å²) in [4.78, 5) is 56.5. The Morgan fingerprint density at radius 2 is 1.80 bits per heavy atom. The average molecular weight is 566 g/mol. The van der Waals surface area contributed by atoms with Gasteiger partial charge in [0.25, 0.3) is 5.91 Å². The second-order valence-electron chi connectivity index (χ2n) is 9.81. The fourth-order valence-corrected chi connectivity index (χ4v) is 4.64. The van der Waals surface area contributed by atoms with Gasteiger partial charge in [0.15, 0.2) is 0 Å². The number of benzene rings is 2. The number of phenols is 1. The number of rotatable bonds is 4. The van der Waals surface area contributed by atoms with Gasteiger partial charge in [-0.1, -0.05) is 26.0 Å². The van der Waals surface area contributed by atoms with Gasteiger partial charge in [0, 0.05) is 11.8 Å². The number of nitrogens with one attached hydrogen (secondary N) is 4. The first-order chi connectivity index (χ1) is 19.1. The highest BCUT2D eigenvalue weighted by atomic mass is 32.1. The average Bonchev–Trinajstić information content (AvgIpc) is 3.45. The summed E-state index contributed by atoms with van der Waals surface area (Å²) in [5.41, 5.74) is 3.06. The van der Waals surface area contributed by atoms with Gasteiger partial charge in [-0.25, -0.2) is 4.98 Å². The van der Waals surface area contributed by atoms with E-state index in [0.29, 0.717) is 17.2 Å². The summed E-state index contributed by atoms with van der Waals surface area (Å²) < 4.78 is 5.88. The standard InChI is InChI=1S/C28H31N5O6S/c1-15(2)24-28(38)31-16(3)25(35)32-22(27(37)29-12-18-13-40-14-30-18)10-17-4-6-19(7-5-17)39-20-8-9-23(34)21(11-20)26(36)33-24/h4-9,11,13-16,22,24,34H,10,12H2,1-3H3,(H,29,37)(H,31,38)(H,32,35)(H,33,36)/t16-,22-,24-/m0/s1. The first-order valence-electron chi connectivity index (χ1n) is 12.8. The maximum absolute atomic E-state index is 13.1. The van der Waals surface area contributed by atoms with Crippen LogP contribution >= 0.6 is 11.3 Å². The highest BCUT2D eigenvalue weighted by Crippen LogP contribution is 2.28. The molecule has 12 heteroatoms. The molecule has 3 heterocycles. The van der Waals surface area contributed by atoms with Crippen molar-refractivity contribution >= 4 is 35.0 Å². The van der Waals surface area contributed by atoms with E-state index in [4.69, 9.17) is 4.74 Å². The Kier molecular flexibility index (Phi) is 9.00. The third-order valence-corrected chi connectivity index (χ3v) is 6.99. The molecule has 5 N–H and O–H groups in total. The Morgan fingerprint density at radius 3 is 2.48 bits per heavy atom. The minimum absolute atomic E-state index is 0.0639. The molecule has 0 aliphatic carbocycles. The van der Waals surface area contributed by atoms with E-state index in [1.54, 1.807) is 43.6 Å². The fraction of sp³-hybridized carbons (Fsp3) is 0.321. The van der Waals surface area contributed by atoms with Crippen molar-refractivity contribution in [3.8, 4) is 17.2 Å². The molecule has 11 nitrogen and oxygen atoms in total. The van der Waals surface area contributed by atoms with Crippen LogP contribution in [0.5, 0.6) is 17.2 Å². The topological polar surface area (TPSA) is 159 Å². The minimum atomic E-state index is -1.01. The van der Waals surface area contributed by atoms with Crippen LogP contribution in [0.2, 0.25) is 0 Å². The number of nitrogens with zero attached hydrogens (tertiary/aromatic N) is 1. The van der Waals surface area contributed by atoms with E-state index < -0.39 is 41.8 Å². The van der Waals surface area contributed by atoms with Gasteiger partial charge in [-0.3, -0.25) is 19.2 Å². The van der Waals surface area contributed by atoms with E-state index in [1.165, 1.54) is 36.5 Å². The van der Waals surface area contributed by atoms with Gasteiger partial charge in [0.05, 0.1) is 23.3 Å². The number of fused-ring (bicyclic) bond motifs is 11. The van der Waals surface area contributed by atoms with E-state index >= 15 is 0 Å². The Hall–Kier alpha value is -4.45. The number of amides is 4. The monoisotopic (exact) mass is 565 g/mol. The molecule has 210 valence electrons. The Morgan fingerprint density at radius 1 is 1.07 bits per heavy atom. The van der Waals surface area contributed by atoms with Crippen LogP contribution in [0.1, 0.15) is 42.4 Å². The molecule has 0 fully saturated rings. The molecule has 2 aliphatic rings. The van der Waals surface area contributed by atoms with Crippen LogP contribution < -0.4 is 26.0 Å². The lowest BCUT2D eigenvalue weighted by molar-refractivity contribution is -0.132. The molecule has 4 amide bonds. The van der Waals surface area contributed by atoms with Crippen molar-refractivity contribution in [1.82, 2.24) is 26.3 Å². The van der Waals surface area contributed by atoms with Gasteiger partial charge in [0.1, 0.15) is 35.4 Å². The first-order valence-corrected chi connectivity index (χ1v) is 13.7. The molecule has 0 spiro atoms. The van der Waals surface area contributed by atoms with E-state index in [9.17, 15) is 24.3 Å². The summed E-state index contributed by atoms with van der Waals surface area (Å²) in [5, 5.41) is 22.9. The van der Waals surface area contributed by atoms with Crippen LogP contribution in [0.4, 0.5) is 0 Å². The molecule has 3 atom stereocenters. The summed E-state index contributed by atoms with van der Waals surface area (Å²) in [6, 6.07) is 8.22. The summed E-state index contributed by atoms with van der Waals surface area (Å²) in [5.74, 6) is -2.08. The van der Waals surface area contributed by atoms with Gasteiger partial charge in [-0.2, -0.15) is 0 Å². The zero-order chi connectivity index (χ0) is 28.8. The lowest BCUT2D eigenvalue weighted by atomic mass is 10.0. The van der Waals surface area contributed by atoms with Crippen molar-refractivity contribution in [3.05, 3.63) is 70.2 Å². The summed E-state index contributed by atoms with van der Waals surface area (Å²) in [6.07, 6.45) is 0.184. The summed E-state index contributed by atoms with van der Waals surface area (Å²) in [7, 11) is 0. The number of aromatic nitrogens is 1. The Labute approximate surface area is 235 Å². The molecule has 0 radical (unpaired) electrons. The SMILES string of the molecule is CC(C)[C@@H]1NC(=O)c2cc(ccc2O)Oc2ccc(cc2)C[C@@H](C(=O)NCc2cscn2)NC(=O)[C@H](C)NC1=O. The van der Waals surface area contributed by atoms with Crippen molar-refractivity contribution in [2.45, 2.75) is 51.9 Å². The van der Waals surface area contributed by atoms with E-state index in [2.05, 4.69) is 26.3 Å². The quantitative estimate of drug-likeness (QED) is 0.304. The predicted octanol–water partition coefficient (Wildman–Crippen LogP) is 2.26. The second kappa shape index (κ2) is 12.6. The van der Waals surface area contributed by atoms with Gasteiger partial charge in [0.2, 0.25) is 17.7 Å². The maximum Gasteiger partial charge on any atom is 0.255 e. The van der Waals surface area contributed by atoms with Crippen molar-refractivity contribution in [3.63, 3.8) is 0 Å². The third-order valence-electron chi connectivity index (χ3n) is 6.36. The lowest BCUT2D eigenvalue weighted by Gasteiger charge is -2.25. The molecule has 3 aromatic rings. The van der Waals surface area contributed by atoms with E-state index in [-0.39, 0.29) is 30.2 Å². The molecule has 40 heavy (non-hydrogen) atoms. The summed E-state index contributed by atoms with van der Waals surface area (Å²) >= 11 is 1.41. The molecule has 2 aromatic carbocycles. The first kappa shape index (κ1) is 28.6. The second-order valence-corrected chi connectivity index (χ2v) is 10.5. The van der Waals surface area contributed by atoms with Crippen LogP contribution in [0.15, 0.2) is 53.4 Å². The molecule has 0 saturated heterocycles. The van der Waals surface area contributed by atoms with Crippen molar-refractivity contribution in [1.29, 1.82) is 0 Å². The van der Waals surface area contributed by atoms with Gasteiger partial charge < -0.3 is 31.1 Å². The zero-order valence-corrected chi connectivity index (χ0v) is 23.1. The van der Waals surface area contributed by atoms with Crippen molar-refractivity contribution in [2.24, 2.45) is 5.92 Å². The van der Waals surface area contributed by atoms with Crippen LogP contribution in [0.25, 0.3) is 0 Å². The number of hydrogen-bond acceptors (Lipinski definition) is 8. The normalized spacial score (nSPS) is 20.0. The zero-order valence-electron chi connectivity index (χ0n) is 22.3. The number of aromatic hydroxyl groups is 1. The molecule has 2 aliphatic heterocycles. The van der Waals surface area contributed by atoms with E-state index in [1.807, 2.05) is 5.38 Å². The maximum atomic E-state index is 13.1. The molecule has 4 bridgehead atoms. The number of ether oxygens (including phenoxy) is 1. The largest absolute Gasteiger partial charge is 0.507 e.